The molecule has 1 unspecified atom stereocenters. The normalized spacial score (nSPS) is 32.4. The molecule has 2 amide bonds. The summed E-state index contributed by atoms with van der Waals surface area (Å²) < 4.78 is 107. The van der Waals surface area contributed by atoms with Gasteiger partial charge in [-0.2, -0.15) is 0 Å². The molecule has 314 valence electrons. The maximum absolute atomic E-state index is 16.4. The summed E-state index contributed by atoms with van der Waals surface area (Å²) in [5.41, 5.74) is 6.92. The summed E-state index contributed by atoms with van der Waals surface area (Å²) in [6, 6.07) is 11.8. The van der Waals surface area contributed by atoms with Gasteiger partial charge in [0.2, 0.25) is 0 Å². The number of nitrogens with two attached hydrogens (primary N) is 1. The number of nitrogen functional groups attached to an aromatic ring is 1. The van der Waals surface area contributed by atoms with E-state index in [1.807, 2.05) is 0 Å². The molecule has 2 aromatic carbocycles. The molecule has 20 nitrogen and oxygen atoms in total. The van der Waals surface area contributed by atoms with Crippen molar-refractivity contribution in [1.82, 2.24) is 29.7 Å². The number of fused-ring (bicyclic) bond motifs is 3. The molecule has 0 saturated carbocycles. The summed E-state index contributed by atoms with van der Waals surface area (Å²) in [6.45, 7) is -6.06. The van der Waals surface area contributed by atoms with E-state index >= 15 is 8.78 Å². The molecule has 0 radical (unpaired) electrons. The van der Waals surface area contributed by atoms with Crippen molar-refractivity contribution in [2.45, 2.75) is 55.0 Å². The molecule has 3 saturated heterocycles. The first kappa shape index (κ1) is 41.2. The molecule has 10 atom stereocenters. The molecule has 4 aliphatic heterocycles. The number of amides is 2. The minimum atomic E-state index is -5.18. The van der Waals surface area contributed by atoms with E-state index in [-0.39, 0.29) is 40.6 Å². The van der Waals surface area contributed by atoms with E-state index in [2.05, 4.69) is 20.3 Å². The number of nitrogens with zero attached hydrogens (tertiary/aromatic N) is 5. The van der Waals surface area contributed by atoms with Gasteiger partial charge in [-0.05, 0) is 59.4 Å². The first-order valence-electron chi connectivity index (χ1n) is 17.7. The predicted octanol–water partition coefficient (Wildman–Crippen LogP) is 4.43. The molecule has 0 spiro atoms. The number of carbonyl (C=O) groups is 2. The van der Waals surface area contributed by atoms with Gasteiger partial charge in [-0.1, -0.05) is 12.1 Å². The lowest BCUT2D eigenvalue weighted by atomic mass is 10.1. The molecule has 3 fully saturated rings. The molecule has 4 N–H and O–H groups in total. The second kappa shape index (κ2) is 16.8. The van der Waals surface area contributed by atoms with E-state index in [0.29, 0.717) is 22.7 Å². The Labute approximate surface area is 337 Å². The number of benzene rings is 2. The number of hydrogen-bond acceptors (Lipinski definition) is 17. The number of methoxy groups -OCH3 is 1. The average molecular weight is 882 g/mol. The Kier molecular flexibility index (Phi) is 11.8. The van der Waals surface area contributed by atoms with Crippen LogP contribution in [0.25, 0.3) is 11.2 Å². The van der Waals surface area contributed by atoms with Gasteiger partial charge in [0.05, 0.1) is 32.2 Å². The number of esters is 1. The van der Waals surface area contributed by atoms with Crippen molar-refractivity contribution in [3.8, 4) is 11.5 Å². The maximum Gasteiger partial charge on any atom is 0.472 e. The van der Waals surface area contributed by atoms with Crippen molar-refractivity contribution in [3.05, 3.63) is 84.6 Å². The highest BCUT2D eigenvalue weighted by Crippen LogP contribution is 2.64. The topological polar surface area (TPSA) is 247 Å². The number of anilines is 1. The van der Waals surface area contributed by atoms with Crippen LogP contribution in [0.3, 0.4) is 0 Å². The van der Waals surface area contributed by atoms with Crippen LogP contribution in [0.5, 0.6) is 11.5 Å². The number of urea groups is 1. The molecule has 8 rings (SSSR count). The van der Waals surface area contributed by atoms with Crippen LogP contribution < -0.4 is 20.5 Å². The third-order valence-corrected chi connectivity index (χ3v) is 14.1. The molecule has 4 aliphatic rings. The number of ether oxygens (including phenoxy) is 4. The number of hydrogen-bond donors (Lipinski definition) is 3. The molecule has 25 heteroatoms. The Balaban J connectivity index is 1.05. The van der Waals surface area contributed by atoms with Crippen LogP contribution >= 0.6 is 26.0 Å². The fourth-order valence-corrected chi connectivity index (χ4v) is 10.9. The van der Waals surface area contributed by atoms with Crippen molar-refractivity contribution in [2.24, 2.45) is 0 Å². The molecule has 0 bridgehead atoms. The zero-order valence-electron chi connectivity index (χ0n) is 30.6. The third kappa shape index (κ3) is 8.71. The Morgan fingerprint density at radius 3 is 2.37 bits per heavy atom. The molecular weight excluding hydrogens is 846 g/mol. The van der Waals surface area contributed by atoms with Crippen LogP contribution in [0.2, 0.25) is 0 Å². The summed E-state index contributed by atoms with van der Waals surface area (Å²) in [5.74, 6) is 0.0745. The fourth-order valence-electron chi connectivity index (χ4n) is 6.55. The van der Waals surface area contributed by atoms with Crippen LogP contribution in [0, 0.1) is 0 Å². The fraction of sp³-hybridized carbons (Fsp3) is 0.382. The number of alkyl halides is 2. The number of phosphoric acid groups is 1. The largest absolute Gasteiger partial charge is 0.497 e. The predicted molar refractivity (Wildman–Crippen MR) is 201 cm³/mol. The Bertz CT molecular complexity index is 2330. The highest BCUT2D eigenvalue weighted by molar-refractivity contribution is 8.54. The number of nitrogens with one attached hydrogen (secondary N) is 1. The number of rotatable bonds is 8. The maximum atomic E-state index is 16.4. The summed E-state index contributed by atoms with van der Waals surface area (Å²) in [7, 11) is -3.68. The van der Waals surface area contributed by atoms with Crippen molar-refractivity contribution >= 4 is 55.0 Å². The van der Waals surface area contributed by atoms with E-state index in [1.165, 1.54) is 42.4 Å². The second-order valence-corrected chi connectivity index (χ2v) is 18.7. The van der Waals surface area contributed by atoms with Crippen LogP contribution in [-0.4, -0.2) is 111 Å². The first-order valence-corrected chi connectivity index (χ1v) is 22.4. The third-order valence-electron chi connectivity index (χ3n) is 9.49. The lowest BCUT2D eigenvalue weighted by Crippen LogP contribution is -2.49. The Hall–Kier alpha value is -4.54. The van der Waals surface area contributed by atoms with E-state index in [0.717, 1.165) is 11.2 Å². The van der Waals surface area contributed by atoms with E-state index in [4.69, 9.17) is 42.8 Å². The van der Waals surface area contributed by atoms with Crippen molar-refractivity contribution in [1.29, 1.82) is 0 Å². The number of imidazole rings is 1. The quantitative estimate of drug-likeness (QED) is 0.126. The number of aromatic nitrogens is 4. The summed E-state index contributed by atoms with van der Waals surface area (Å²) >= 11 is 0.630. The van der Waals surface area contributed by atoms with Gasteiger partial charge in [-0.3, -0.25) is 27.6 Å². The summed E-state index contributed by atoms with van der Waals surface area (Å²) in [6.07, 6.45) is -9.29. The van der Waals surface area contributed by atoms with Gasteiger partial charge in [0.1, 0.15) is 47.8 Å². The highest BCUT2D eigenvalue weighted by atomic mass is 32.7. The zero-order chi connectivity index (χ0) is 41.5. The van der Waals surface area contributed by atoms with Gasteiger partial charge in [-0.15, -0.1) is 0 Å². The molecule has 2 aromatic heterocycles. The van der Waals surface area contributed by atoms with Gasteiger partial charge >= 0.3 is 26.6 Å². The smallest absolute Gasteiger partial charge is 0.472 e. The van der Waals surface area contributed by atoms with Crippen molar-refractivity contribution in [2.75, 3.05) is 32.6 Å². The Morgan fingerprint density at radius 2 is 1.64 bits per heavy atom. The summed E-state index contributed by atoms with van der Waals surface area (Å²) in [5, 5.41) is 2.51. The van der Waals surface area contributed by atoms with Gasteiger partial charge < -0.3 is 34.9 Å². The SMILES string of the molecule is COc1ccc(C(=O)Oc2ccc(CS[P@]3(=O)OC[C@H]4O[C@@H](n5cnc6c(N)ncnc65)[C@H](F)[C@@H]4OP(=O)(O)OC[C@H]4O[C@@H](N5C=CCNC5=O)[C@H](F)[C@@H]4O3)cc2)cc1. The van der Waals surface area contributed by atoms with E-state index in [9.17, 15) is 23.6 Å². The molecule has 59 heavy (non-hydrogen) atoms. The lowest BCUT2D eigenvalue weighted by Gasteiger charge is -2.29. The van der Waals surface area contributed by atoms with Gasteiger partial charge in [0.15, 0.2) is 36.3 Å². The minimum absolute atomic E-state index is 0.000993. The number of halogens is 2. The van der Waals surface area contributed by atoms with E-state index < -0.39 is 89.0 Å². The summed E-state index contributed by atoms with van der Waals surface area (Å²) in [4.78, 5) is 49.1. The standard InChI is InChI=1S/C34H35F2N7O13P2S/c1-49-20-9-5-19(6-10-20)33(44)52-21-7-3-18(4-8-21)15-59-58(48)51-14-23-27(24(35)32(54-23)43-17-41-26-29(37)39-16-40-30(26)43)55-57(46,47)50-13-22-28(56-58)25(36)31(53-22)42-12-2-11-38-34(42)45/h2-10,12,16-17,22-25,27-28,31-32H,11,13-15H2,1H3,(H,38,45)(H,46,47)(H2,37,39,40)/t22-,23-,24-,25-,27-,28-,31-,32-,58-/m1/s1. The molecule has 4 aromatic rings. The highest BCUT2D eigenvalue weighted by Gasteiger charge is 2.56. The zero-order valence-corrected chi connectivity index (χ0v) is 33.2. The van der Waals surface area contributed by atoms with E-state index in [1.54, 1.807) is 36.4 Å². The molecule has 0 aliphatic carbocycles. The van der Waals surface area contributed by atoms with Gasteiger partial charge in [0, 0.05) is 18.5 Å². The lowest BCUT2D eigenvalue weighted by molar-refractivity contribution is -0.0665. The van der Waals surface area contributed by atoms with Crippen LogP contribution in [0.1, 0.15) is 22.1 Å². The molecular formula is C34H35F2N7O13P2S. The number of phosphoric ester groups is 1. The second-order valence-electron chi connectivity index (χ2n) is 13.3. The van der Waals surface area contributed by atoms with Crippen molar-refractivity contribution < 1.29 is 69.4 Å². The minimum Gasteiger partial charge on any atom is -0.497 e. The average Bonchev–Trinajstić information content (AvgIpc) is 3.89. The Morgan fingerprint density at radius 1 is 0.966 bits per heavy atom. The van der Waals surface area contributed by atoms with Crippen LogP contribution in [-0.2, 0) is 42.5 Å². The van der Waals surface area contributed by atoms with Crippen LogP contribution in [0.15, 0.2) is 73.5 Å². The molecule has 6 heterocycles. The first-order chi connectivity index (χ1) is 28.3. The van der Waals surface area contributed by atoms with Crippen LogP contribution in [0.4, 0.5) is 19.4 Å². The van der Waals surface area contributed by atoms with Crippen molar-refractivity contribution in [3.63, 3.8) is 0 Å². The number of carbonyl (C=O) groups excluding carboxylic acids is 2. The van der Waals surface area contributed by atoms with Gasteiger partial charge in [-0.25, -0.2) is 42.5 Å². The monoisotopic (exact) mass is 881 g/mol. The van der Waals surface area contributed by atoms with Gasteiger partial charge in [0.25, 0.3) is 0 Å².